The molecule has 0 saturated heterocycles. The largest absolute Gasteiger partial charge is 0.393 e. The summed E-state index contributed by atoms with van der Waals surface area (Å²) in [6.45, 7) is 0.583. The number of halogens is 1. The highest BCUT2D eigenvalue weighted by Crippen LogP contribution is 2.26. The molecule has 1 aromatic heterocycles. The zero-order valence-corrected chi connectivity index (χ0v) is 12.1. The van der Waals surface area contributed by atoms with Gasteiger partial charge in [0.15, 0.2) is 0 Å². The summed E-state index contributed by atoms with van der Waals surface area (Å²) < 4.78 is 16.0. The van der Waals surface area contributed by atoms with E-state index < -0.39 is 0 Å². The van der Waals surface area contributed by atoms with Gasteiger partial charge >= 0.3 is 0 Å². The molecule has 1 heterocycles. The Balaban J connectivity index is 2.19. The van der Waals surface area contributed by atoms with E-state index in [1.165, 1.54) is 6.07 Å². The van der Waals surface area contributed by atoms with Crippen LogP contribution in [0.4, 0.5) is 4.39 Å². The highest BCUT2D eigenvalue weighted by atomic mass is 32.1. The monoisotopic (exact) mass is 299 g/mol. The maximum absolute atomic E-state index is 14.1. The van der Waals surface area contributed by atoms with E-state index in [4.69, 9.17) is 18.0 Å². The van der Waals surface area contributed by atoms with Gasteiger partial charge in [-0.25, -0.2) is 9.37 Å². The van der Waals surface area contributed by atoms with Gasteiger partial charge in [-0.05, 0) is 24.3 Å². The van der Waals surface area contributed by atoms with Crippen molar-refractivity contribution in [1.29, 1.82) is 0 Å². The fourth-order valence-corrected chi connectivity index (χ4v) is 2.46. The van der Waals surface area contributed by atoms with Crippen LogP contribution in [0, 0.1) is 5.82 Å². The van der Waals surface area contributed by atoms with E-state index in [1.807, 2.05) is 28.8 Å². The number of hydrogen-bond donors (Lipinski definition) is 1. The third-order valence-electron chi connectivity index (χ3n) is 3.35. The Morgan fingerprint density at radius 2 is 1.86 bits per heavy atom. The Bertz CT molecular complexity index is 810. The Morgan fingerprint density at radius 1 is 1.14 bits per heavy atom. The van der Waals surface area contributed by atoms with Gasteiger partial charge in [0.2, 0.25) is 0 Å². The van der Waals surface area contributed by atoms with Crippen LogP contribution in [0.1, 0.15) is 6.42 Å². The van der Waals surface area contributed by atoms with Crippen LogP contribution < -0.4 is 5.73 Å². The van der Waals surface area contributed by atoms with Gasteiger partial charge in [-0.1, -0.05) is 36.5 Å². The standard InChI is InChI=1S/C16H14FN3S/c17-12-6-2-1-5-11(12)16-19-13-7-3-4-8-14(13)20(16)10-9-15(18)21/h1-8H,9-10H2,(H2,18,21). The number of nitrogens with zero attached hydrogens (tertiary/aromatic N) is 2. The van der Waals surface area contributed by atoms with Crippen molar-refractivity contribution < 1.29 is 4.39 Å². The Hall–Kier alpha value is -2.27. The van der Waals surface area contributed by atoms with Crippen molar-refractivity contribution in [2.24, 2.45) is 5.73 Å². The molecule has 0 bridgehead atoms. The van der Waals surface area contributed by atoms with Gasteiger partial charge in [-0.3, -0.25) is 0 Å². The quantitative estimate of drug-likeness (QED) is 0.750. The van der Waals surface area contributed by atoms with Gasteiger partial charge in [0.25, 0.3) is 0 Å². The minimum Gasteiger partial charge on any atom is -0.393 e. The lowest BCUT2D eigenvalue weighted by molar-refractivity contribution is 0.627. The van der Waals surface area contributed by atoms with Crippen LogP contribution in [0.5, 0.6) is 0 Å². The summed E-state index contributed by atoms with van der Waals surface area (Å²) in [5.41, 5.74) is 7.86. The van der Waals surface area contributed by atoms with Crippen LogP contribution in [-0.4, -0.2) is 14.5 Å². The molecule has 0 radical (unpaired) electrons. The minimum atomic E-state index is -0.288. The number of aryl methyl sites for hydroxylation is 1. The number of fused-ring (bicyclic) bond motifs is 1. The maximum Gasteiger partial charge on any atom is 0.144 e. The molecule has 3 aromatic rings. The molecule has 21 heavy (non-hydrogen) atoms. The molecular formula is C16H14FN3S. The van der Waals surface area contributed by atoms with E-state index in [0.29, 0.717) is 29.3 Å². The first-order chi connectivity index (χ1) is 10.2. The molecule has 0 amide bonds. The SMILES string of the molecule is NC(=S)CCn1c(-c2ccccc2F)nc2ccccc21. The van der Waals surface area contributed by atoms with E-state index >= 15 is 0 Å². The van der Waals surface area contributed by atoms with Gasteiger partial charge in [0, 0.05) is 13.0 Å². The summed E-state index contributed by atoms with van der Waals surface area (Å²) in [5, 5.41) is 0. The van der Waals surface area contributed by atoms with Crippen molar-refractivity contribution in [3.63, 3.8) is 0 Å². The molecule has 2 aromatic carbocycles. The summed E-state index contributed by atoms with van der Waals surface area (Å²) in [4.78, 5) is 5.00. The van der Waals surface area contributed by atoms with E-state index in [2.05, 4.69) is 4.98 Å². The number of nitrogens with two attached hydrogens (primary N) is 1. The number of para-hydroxylation sites is 2. The highest BCUT2D eigenvalue weighted by Gasteiger charge is 2.15. The van der Waals surface area contributed by atoms with Crippen LogP contribution in [0.3, 0.4) is 0 Å². The highest BCUT2D eigenvalue weighted by molar-refractivity contribution is 7.80. The summed E-state index contributed by atoms with van der Waals surface area (Å²) in [6, 6.07) is 14.4. The van der Waals surface area contributed by atoms with Gasteiger partial charge in [0.1, 0.15) is 11.6 Å². The molecule has 2 N–H and O–H groups in total. The minimum absolute atomic E-state index is 0.288. The van der Waals surface area contributed by atoms with Gasteiger partial charge in [0.05, 0.1) is 21.6 Å². The molecule has 106 valence electrons. The molecule has 3 rings (SSSR count). The van der Waals surface area contributed by atoms with Crippen molar-refractivity contribution >= 4 is 28.2 Å². The van der Waals surface area contributed by atoms with Crippen LogP contribution in [-0.2, 0) is 6.54 Å². The predicted molar refractivity (Wildman–Crippen MR) is 86.5 cm³/mol. The lowest BCUT2D eigenvalue weighted by Gasteiger charge is -2.09. The van der Waals surface area contributed by atoms with Crippen molar-refractivity contribution in [3.8, 4) is 11.4 Å². The van der Waals surface area contributed by atoms with Crippen molar-refractivity contribution in [3.05, 3.63) is 54.3 Å². The molecular weight excluding hydrogens is 285 g/mol. The molecule has 0 aliphatic heterocycles. The average Bonchev–Trinajstić information content (AvgIpc) is 2.84. The van der Waals surface area contributed by atoms with Crippen molar-refractivity contribution in [2.45, 2.75) is 13.0 Å². The van der Waals surface area contributed by atoms with E-state index in [1.54, 1.807) is 18.2 Å². The molecule has 0 atom stereocenters. The third-order valence-corrected chi connectivity index (χ3v) is 3.56. The van der Waals surface area contributed by atoms with E-state index in [9.17, 15) is 4.39 Å². The van der Waals surface area contributed by atoms with Crippen molar-refractivity contribution in [2.75, 3.05) is 0 Å². The first kappa shape index (κ1) is 13.7. The average molecular weight is 299 g/mol. The zero-order chi connectivity index (χ0) is 14.8. The number of thiocarbonyl (C=S) groups is 1. The van der Waals surface area contributed by atoms with Crippen LogP contribution >= 0.6 is 12.2 Å². The summed E-state index contributed by atoms with van der Waals surface area (Å²) >= 11 is 4.95. The summed E-state index contributed by atoms with van der Waals surface area (Å²) in [6.07, 6.45) is 0.553. The number of aromatic nitrogens is 2. The van der Waals surface area contributed by atoms with Gasteiger partial charge in [-0.2, -0.15) is 0 Å². The molecule has 0 unspecified atom stereocenters. The molecule has 3 nitrogen and oxygen atoms in total. The lowest BCUT2D eigenvalue weighted by Crippen LogP contribution is -2.12. The maximum atomic E-state index is 14.1. The predicted octanol–water partition coefficient (Wildman–Crippen LogP) is 3.52. The molecule has 0 aliphatic carbocycles. The van der Waals surface area contributed by atoms with Crippen LogP contribution in [0.2, 0.25) is 0 Å². The Morgan fingerprint density at radius 3 is 2.62 bits per heavy atom. The molecule has 0 fully saturated rings. The fourth-order valence-electron chi connectivity index (χ4n) is 2.37. The molecule has 0 aliphatic rings. The first-order valence-corrected chi connectivity index (χ1v) is 7.06. The normalized spacial score (nSPS) is 10.9. The topological polar surface area (TPSA) is 43.8 Å². The van der Waals surface area contributed by atoms with Gasteiger partial charge in [-0.15, -0.1) is 0 Å². The smallest absolute Gasteiger partial charge is 0.144 e. The number of rotatable bonds is 4. The lowest BCUT2D eigenvalue weighted by atomic mass is 10.2. The van der Waals surface area contributed by atoms with Crippen LogP contribution in [0.15, 0.2) is 48.5 Å². The van der Waals surface area contributed by atoms with Gasteiger partial charge < -0.3 is 10.3 Å². The Labute approximate surface area is 127 Å². The van der Waals surface area contributed by atoms with E-state index in [0.717, 1.165) is 11.0 Å². The molecule has 5 heteroatoms. The third kappa shape index (κ3) is 2.64. The number of imidazole rings is 1. The first-order valence-electron chi connectivity index (χ1n) is 6.65. The second kappa shape index (κ2) is 5.61. The Kier molecular flexibility index (Phi) is 3.66. The zero-order valence-electron chi connectivity index (χ0n) is 11.3. The molecule has 0 spiro atoms. The second-order valence-electron chi connectivity index (χ2n) is 4.77. The van der Waals surface area contributed by atoms with Crippen molar-refractivity contribution in [1.82, 2.24) is 9.55 Å². The fraction of sp³-hybridized carbons (Fsp3) is 0.125. The summed E-state index contributed by atoms with van der Waals surface area (Å²) in [5.74, 6) is 0.315. The van der Waals surface area contributed by atoms with E-state index in [-0.39, 0.29) is 5.82 Å². The second-order valence-corrected chi connectivity index (χ2v) is 5.30. The molecule has 0 saturated carbocycles. The van der Waals surface area contributed by atoms with Crippen LogP contribution in [0.25, 0.3) is 22.4 Å². The number of hydrogen-bond acceptors (Lipinski definition) is 2. The summed E-state index contributed by atoms with van der Waals surface area (Å²) in [7, 11) is 0. The number of benzene rings is 2.